The number of anilines is 1. The minimum absolute atomic E-state index is 0.0394. The number of hydrogen-bond donors (Lipinski definition) is 3. The van der Waals surface area contributed by atoms with Crippen LogP contribution in [0, 0.1) is 0 Å². The van der Waals surface area contributed by atoms with E-state index in [0.717, 1.165) is 0 Å². The second-order valence-electron chi connectivity index (χ2n) is 7.60. The van der Waals surface area contributed by atoms with E-state index in [1.54, 1.807) is 60.7 Å². The predicted octanol–water partition coefficient (Wildman–Crippen LogP) is 4.66. The fourth-order valence-electron chi connectivity index (χ4n) is 3.37. The summed E-state index contributed by atoms with van der Waals surface area (Å²) in [6, 6.07) is 25.0. The summed E-state index contributed by atoms with van der Waals surface area (Å²) >= 11 is 3.93. The van der Waals surface area contributed by atoms with Crippen LogP contribution in [0.2, 0.25) is 0 Å². The SMILES string of the molecule is O=C(CS)OCC[C@@H](Oc1ccccc1)[C@H](OC(=O)Nc1ccccc1)c1cccc(OCCO)c1. The van der Waals surface area contributed by atoms with Crippen molar-refractivity contribution in [1.29, 1.82) is 0 Å². The Morgan fingerprint density at radius 2 is 1.58 bits per heavy atom. The van der Waals surface area contributed by atoms with Crippen molar-refractivity contribution in [3.05, 3.63) is 90.5 Å². The monoisotopic (exact) mass is 511 g/mol. The molecule has 0 saturated heterocycles. The molecule has 1 amide bonds. The number of rotatable bonds is 13. The molecular formula is C27H29NO7S. The standard InChI is InChI=1S/C27H29NO7S/c29-15-17-32-23-13-7-8-20(18-23)26(35-27(31)28-21-9-3-1-4-10-21)24(14-16-33-25(30)19-36)34-22-11-5-2-6-12-22/h1-13,18,24,26,29,36H,14-17,19H2,(H,28,31)/t24-,26-/m1/s1. The van der Waals surface area contributed by atoms with Gasteiger partial charge in [-0.2, -0.15) is 12.6 Å². The highest BCUT2D eigenvalue weighted by atomic mass is 32.1. The molecular weight excluding hydrogens is 482 g/mol. The van der Waals surface area contributed by atoms with E-state index in [1.165, 1.54) is 0 Å². The first-order valence-electron chi connectivity index (χ1n) is 11.4. The molecule has 0 fully saturated rings. The van der Waals surface area contributed by atoms with Gasteiger partial charge in [-0.3, -0.25) is 10.1 Å². The highest BCUT2D eigenvalue weighted by Crippen LogP contribution is 2.30. The maximum absolute atomic E-state index is 12.9. The zero-order valence-corrected chi connectivity index (χ0v) is 20.5. The molecule has 3 aromatic carbocycles. The smallest absolute Gasteiger partial charge is 0.412 e. The molecule has 0 aromatic heterocycles. The Labute approximate surface area is 215 Å². The molecule has 0 aliphatic heterocycles. The summed E-state index contributed by atoms with van der Waals surface area (Å²) in [5.41, 5.74) is 1.18. The normalized spacial score (nSPS) is 12.2. The van der Waals surface area contributed by atoms with Gasteiger partial charge in [-0.05, 0) is 42.0 Å². The minimum Gasteiger partial charge on any atom is -0.491 e. The summed E-state index contributed by atoms with van der Waals surface area (Å²) in [6.45, 7) is 0.0186. The average molecular weight is 512 g/mol. The molecule has 2 atom stereocenters. The summed E-state index contributed by atoms with van der Waals surface area (Å²) in [5, 5.41) is 11.8. The van der Waals surface area contributed by atoms with Gasteiger partial charge in [0.15, 0.2) is 6.10 Å². The van der Waals surface area contributed by atoms with E-state index in [-0.39, 0.29) is 32.0 Å². The summed E-state index contributed by atoms with van der Waals surface area (Å²) in [6.07, 6.45) is -2.04. The van der Waals surface area contributed by atoms with E-state index >= 15 is 0 Å². The lowest BCUT2D eigenvalue weighted by molar-refractivity contribution is -0.141. The second kappa shape index (κ2) is 14.7. The van der Waals surface area contributed by atoms with Gasteiger partial charge in [0.05, 0.1) is 19.0 Å². The van der Waals surface area contributed by atoms with Crippen LogP contribution in [0.4, 0.5) is 10.5 Å². The lowest BCUT2D eigenvalue weighted by Crippen LogP contribution is -2.32. The van der Waals surface area contributed by atoms with Crippen LogP contribution in [-0.2, 0) is 14.3 Å². The van der Waals surface area contributed by atoms with Crippen LogP contribution < -0.4 is 14.8 Å². The molecule has 0 aliphatic carbocycles. The molecule has 0 aliphatic rings. The summed E-state index contributed by atoms with van der Waals surface area (Å²) in [5.74, 6) is 0.551. The van der Waals surface area contributed by atoms with Gasteiger partial charge in [0.2, 0.25) is 0 Å². The van der Waals surface area contributed by atoms with Crippen LogP contribution in [0.15, 0.2) is 84.9 Å². The van der Waals surface area contributed by atoms with E-state index < -0.39 is 24.3 Å². The lowest BCUT2D eigenvalue weighted by atomic mass is 10.0. The number of ether oxygens (including phenoxy) is 4. The molecule has 190 valence electrons. The Kier molecular flexibility index (Phi) is 10.9. The average Bonchev–Trinajstić information content (AvgIpc) is 2.91. The molecule has 3 aromatic rings. The molecule has 0 heterocycles. The maximum Gasteiger partial charge on any atom is 0.412 e. The van der Waals surface area contributed by atoms with Gasteiger partial charge < -0.3 is 24.1 Å². The van der Waals surface area contributed by atoms with Gasteiger partial charge >= 0.3 is 12.1 Å². The number of nitrogens with one attached hydrogen (secondary N) is 1. The number of carbonyl (C=O) groups is 2. The fourth-order valence-corrected chi connectivity index (χ4v) is 3.46. The molecule has 36 heavy (non-hydrogen) atoms. The van der Waals surface area contributed by atoms with E-state index in [0.29, 0.717) is 22.7 Å². The van der Waals surface area contributed by atoms with Gasteiger partial charge in [-0.25, -0.2) is 4.79 Å². The first kappa shape index (κ1) is 26.9. The van der Waals surface area contributed by atoms with Crippen molar-refractivity contribution in [2.24, 2.45) is 0 Å². The summed E-state index contributed by atoms with van der Waals surface area (Å²) < 4.78 is 22.9. The van der Waals surface area contributed by atoms with Crippen molar-refractivity contribution in [2.75, 3.05) is 30.9 Å². The Morgan fingerprint density at radius 3 is 2.28 bits per heavy atom. The number of hydrogen-bond acceptors (Lipinski definition) is 8. The third-order valence-electron chi connectivity index (χ3n) is 4.96. The second-order valence-corrected chi connectivity index (χ2v) is 7.91. The van der Waals surface area contributed by atoms with Crippen LogP contribution in [-0.4, -0.2) is 48.8 Å². The minimum atomic E-state index is -0.888. The van der Waals surface area contributed by atoms with E-state index in [9.17, 15) is 9.59 Å². The largest absolute Gasteiger partial charge is 0.491 e. The van der Waals surface area contributed by atoms with Gasteiger partial charge in [0, 0.05) is 12.1 Å². The van der Waals surface area contributed by atoms with Crippen molar-refractivity contribution >= 4 is 30.4 Å². The van der Waals surface area contributed by atoms with Crippen molar-refractivity contribution < 1.29 is 33.6 Å². The van der Waals surface area contributed by atoms with Crippen LogP contribution in [0.25, 0.3) is 0 Å². The summed E-state index contributed by atoms with van der Waals surface area (Å²) in [7, 11) is 0. The van der Waals surface area contributed by atoms with Crippen molar-refractivity contribution in [3.63, 3.8) is 0 Å². The van der Waals surface area contributed by atoms with Crippen molar-refractivity contribution in [2.45, 2.75) is 18.6 Å². The van der Waals surface area contributed by atoms with Gasteiger partial charge in [-0.15, -0.1) is 0 Å². The number of benzene rings is 3. The zero-order chi connectivity index (χ0) is 25.6. The quantitative estimate of drug-likeness (QED) is 0.227. The number of para-hydroxylation sites is 2. The maximum atomic E-state index is 12.9. The van der Waals surface area contributed by atoms with Crippen molar-refractivity contribution in [3.8, 4) is 11.5 Å². The third kappa shape index (κ3) is 8.83. The molecule has 3 rings (SSSR count). The first-order chi connectivity index (χ1) is 17.6. The van der Waals surface area contributed by atoms with E-state index in [2.05, 4.69) is 17.9 Å². The summed E-state index contributed by atoms with van der Waals surface area (Å²) in [4.78, 5) is 24.5. The van der Waals surface area contributed by atoms with Crippen molar-refractivity contribution in [1.82, 2.24) is 0 Å². The number of amides is 1. The molecule has 0 spiro atoms. The van der Waals surface area contributed by atoms with Gasteiger partial charge in [0.25, 0.3) is 0 Å². The Bertz CT molecular complexity index is 1080. The Morgan fingerprint density at radius 1 is 0.889 bits per heavy atom. The van der Waals surface area contributed by atoms with Crippen LogP contribution in [0.5, 0.6) is 11.5 Å². The number of carbonyl (C=O) groups excluding carboxylic acids is 2. The lowest BCUT2D eigenvalue weighted by Gasteiger charge is -2.28. The van der Waals surface area contributed by atoms with Gasteiger partial charge in [-0.1, -0.05) is 48.5 Å². The fraction of sp³-hybridized carbons (Fsp3) is 0.259. The Balaban J connectivity index is 1.89. The van der Waals surface area contributed by atoms with Crippen LogP contribution >= 0.6 is 12.6 Å². The number of esters is 1. The topological polar surface area (TPSA) is 103 Å². The number of aliphatic hydroxyl groups is 1. The van der Waals surface area contributed by atoms with E-state index in [4.69, 9.17) is 24.1 Å². The molecule has 0 radical (unpaired) electrons. The third-order valence-corrected chi connectivity index (χ3v) is 5.22. The van der Waals surface area contributed by atoms with Crippen LogP contribution in [0.1, 0.15) is 18.1 Å². The van der Waals surface area contributed by atoms with Gasteiger partial charge in [0.1, 0.15) is 24.2 Å². The Hall–Kier alpha value is -3.69. The molecule has 0 unspecified atom stereocenters. The van der Waals surface area contributed by atoms with E-state index in [1.807, 2.05) is 24.3 Å². The highest BCUT2D eigenvalue weighted by molar-refractivity contribution is 7.81. The predicted molar refractivity (Wildman–Crippen MR) is 139 cm³/mol. The molecule has 0 saturated carbocycles. The van der Waals surface area contributed by atoms with Crippen LogP contribution in [0.3, 0.4) is 0 Å². The number of aliphatic hydroxyl groups excluding tert-OH is 1. The molecule has 2 N–H and O–H groups in total. The molecule has 8 nitrogen and oxygen atoms in total. The zero-order valence-electron chi connectivity index (χ0n) is 19.6. The molecule has 0 bridgehead atoms. The highest BCUT2D eigenvalue weighted by Gasteiger charge is 2.30. The first-order valence-corrected chi connectivity index (χ1v) is 12.1. The number of thiol groups is 1. The molecule has 9 heteroatoms.